The van der Waals surface area contributed by atoms with Crippen LogP contribution in [0.1, 0.15) is 98.4 Å². The number of hydrogen-bond acceptors (Lipinski definition) is 7. The lowest BCUT2D eigenvalue weighted by Crippen LogP contribution is -2.72. The lowest BCUT2D eigenvalue weighted by atomic mass is 9.48. The van der Waals surface area contributed by atoms with E-state index in [4.69, 9.17) is 23.1 Å². The molecule has 7 nitrogen and oxygen atoms in total. The molecule has 0 amide bonds. The summed E-state index contributed by atoms with van der Waals surface area (Å²) in [6, 6.07) is 12.2. The van der Waals surface area contributed by atoms with Crippen molar-refractivity contribution in [2.24, 2.45) is 22.7 Å². The van der Waals surface area contributed by atoms with Gasteiger partial charge in [-0.15, -0.1) is 0 Å². The third-order valence-electron chi connectivity index (χ3n) is 13.4. The van der Waals surface area contributed by atoms with Gasteiger partial charge in [0, 0.05) is 23.2 Å². The predicted octanol–water partition coefficient (Wildman–Crippen LogP) is 8.64. The SMILES string of the molecule is CC[Si](CC)(CC)O[C@H]1C[C@@]2(O)[C@@H](OC(=O)c3ccccc3)[C@H]3[C@@](C)(CC[C@@H]4C[C@@]43O[Si](C)(C)C)[C@H]3OC(C)(C)O[C@@H]3C(=C1C)C2(C)C. The Morgan fingerprint density at radius 3 is 2.17 bits per heavy atom. The number of carbonyl (C=O) groups is 1. The van der Waals surface area contributed by atoms with Crippen molar-refractivity contribution in [1.82, 2.24) is 0 Å². The fourth-order valence-corrected chi connectivity index (χ4v) is 15.0. The molecular formula is C39H62O7Si2. The second-order valence-electron chi connectivity index (χ2n) is 18.0. The Labute approximate surface area is 291 Å². The second-order valence-corrected chi connectivity index (χ2v) is 27.1. The molecule has 1 N–H and O–H groups in total. The Morgan fingerprint density at radius 2 is 1.58 bits per heavy atom. The Balaban J connectivity index is 1.63. The molecule has 0 radical (unpaired) electrons. The summed E-state index contributed by atoms with van der Waals surface area (Å²) in [5, 5.41) is 13.8. The molecule has 1 saturated heterocycles. The molecule has 5 aliphatic rings. The zero-order chi connectivity index (χ0) is 35.3. The van der Waals surface area contributed by atoms with Gasteiger partial charge >= 0.3 is 5.97 Å². The van der Waals surface area contributed by atoms with E-state index < -0.39 is 56.5 Å². The van der Waals surface area contributed by atoms with Gasteiger partial charge in [-0.05, 0) is 107 Å². The van der Waals surface area contributed by atoms with Gasteiger partial charge in [0.15, 0.2) is 22.4 Å². The normalized spacial score (nSPS) is 39.9. The van der Waals surface area contributed by atoms with Gasteiger partial charge in [0.05, 0.1) is 23.4 Å². The quantitative estimate of drug-likeness (QED) is 0.157. The Bertz CT molecular complexity index is 1420. The molecule has 48 heavy (non-hydrogen) atoms. The highest BCUT2D eigenvalue weighted by molar-refractivity contribution is 6.73. The van der Waals surface area contributed by atoms with Gasteiger partial charge in [0.2, 0.25) is 0 Å². The third kappa shape index (κ3) is 5.57. The highest BCUT2D eigenvalue weighted by Gasteiger charge is 2.78. The molecule has 0 aromatic heterocycles. The van der Waals surface area contributed by atoms with Crippen LogP contribution in [0.2, 0.25) is 37.8 Å². The zero-order valence-electron chi connectivity index (χ0n) is 31.7. The van der Waals surface area contributed by atoms with E-state index in [-0.39, 0.29) is 24.2 Å². The van der Waals surface area contributed by atoms with Gasteiger partial charge in [0.25, 0.3) is 0 Å². The van der Waals surface area contributed by atoms with Crippen molar-refractivity contribution >= 4 is 22.6 Å². The summed E-state index contributed by atoms with van der Waals surface area (Å²) in [6.45, 7) is 26.2. The third-order valence-corrected chi connectivity index (χ3v) is 19.0. The van der Waals surface area contributed by atoms with Crippen molar-refractivity contribution in [2.45, 2.75) is 167 Å². The molecule has 1 aromatic carbocycles. The topological polar surface area (TPSA) is 83.5 Å². The van der Waals surface area contributed by atoms with E-state index in [0.717, 1.165) is 48.5 Å². The van der Waals surface area contributed by atoms with Gasteiger partial charge in [0.1, 0.15) is 17.8 Å². The summed E-state index contributed by atoms with van der Waals surface area (Å²) in [7, 11) is -4.21. The molecule has 9 atom stereocenters. The molecule has 1 aromatic rings. The predicted molar refractivity (Wildman–Crippen MR) is 194 cm³/mol. The maximum atomic E-state index is 14.3. The number of fused-ring (bicyclic) bond motifs is 8. The summed E-state index contributed by atoms with van der Waals surface area (Å²) in [5.74, 6) is -1.22. The van der Waals surface area contributed by atoms with Gasteiger partial charge in [-0.25, -0.2) is 4.79 Å². The average Bonchev–Trinajstić information content (AvgIpc) is 3.61. The van der Waals surface area contributed by atoms with E-state index in [1.165, 1.54) is 0 Å². The average molecular weight is 699 g/mol. The molecule has 0 unspecified atom stereocenters. The van der Waals surface area contributed by atoms with E-state index in [2.05, 4.69) is 68.1 Å². The molecule has 3 saturated carbocycles. The molecule has 0 spiro atoms. The van der Waals surface area contributed by atoms with E-state index in [9.17, 15) is 9.90 Å². The van der Waals surface area contributed by atoms with E-state index in [1.807, 2.05) is 32.0 Å². The van der Waals surface area contributed by atoms with Crippen LogP contribution in [0.5, 0.6) is 0 Å². The maximum absolute atomic E-state index is 14.3. The summed E-state index contributed by atoms with van der Waals surface area (Å²) >= 11 is 0. The molecule has 2 bridgehead atoms. The smallest absolute Gasteiger partial charge is 0.338 e. The van der Waals surface area contributed by atoms with Crippen LogP contribution >= 0.6 is 0 Å². The van der Waals surface area contributed by atoms with Crippen molar-refractivity contribution in [3.63, 3.8) is 0 Å². The molecule has 1 aliphatic heterocycles. The standard InChI is InChI=1S/C39H62O7Si2/c1-13-48(14-2,15-3)45-28-24-39(41)33(42-34(40)26-19-17-16-18-20-26)31-37(9,22-21-27-23-38(27,31)46-47(10,11)12)32-30(43-36(7,8)44-32)29(25(28)4)35(39,5)6/h16-20,27-28,30-33,41H,13-15,21-24H2,1-12H3/t27-,28+,30-,31+,32+,33+,37-,38-,39-/m1/s1. The van der Waals surface area contributed by atoms with Gasteiger partial charge in [-0.3, -0.25) is 0 Å². The molecule has 6 rings (SSSR count). The molecule has 1 heterocycles. The van der Waals surface area contributed by atoms with Crippen LogP contribution < -0.4 is 0 Å². The first-order valence-electron chi connectivity index (χ1n) is 18.7. The van der Waals surface area contributed by atoms with Crippen LogP contribution in [-0.2, 0) is 23.1 Å². The van der Waals surface area contributed by atoms with Crippen LogP contribution in [0.25, 0.3) is 0 Å². The van der Waals surface area contributed by atoms with Crippen molar-refractivity contribution in [1.29, 1.82) is 0 Å². The van der Waals surface area contributed by atoms with E-state index in [1.54, 1.807) is 12.1 Å². The van der Waals surface area contributed by atoms with Gasteiger partial charge < -0.3 is 28.2 Å². The number of carbonyl (C=O) groups excluding carboxylic acids is 1. The molecular weight excluding hydrogens is 637 g/mol. The van der Waals surface area contributed by atoms with Crippen LogP contribution in [0.4, 0.5) is 0 Å². The number of benzene rings is 1. The van der Waals surface area contributed by atoms with Gasteiger partial charge in [-0.1, -0.05) is 59.7 Å². The van der Waals surface area contributed by atoms with Crippen molar-refractivity contribution in [3.8, 4) is 0 Å². The number of ether oxygens (including phenoxy) is 3. The summed E-state index contributed by atoms with van der Waals surface area (Å²) in [6.07, 6.45) is 1.23. The lowest BCUT2D eigenvalue weighted by Gasteiger charge is -2.63. The summed E-state index contributed by atoms with van der Waals surface area (Å²) < 4.78 is 35.6. The number of esters is 1. The van der Waals surface area contributed by atoms with Crippen LogP contribution in [0, 0.1) is 22.7 Å². The minimum absolute atomic E-state index is 0.316. The van der Waals surface area contributed by atoms with Crippen LogP contribution in [0.15, 0.2) is 41.5 Å². The Hall–Kier alpha value is -1.34. The molecule has 4 aliphatic carbocycles. The lowest BCUT2D eigenvalue weighted by molar-refractivity contribution is -0.241. The first-order chi connectivity index (χ1) is 22.2. The molecule has 268 valence electrons. The fourth-order valence-electron chi connectivity index (χ4n) is 10.7. The second kappa shape index (κ2) is 11.9. The van der Waals surface area contributed by atoms with Crippen LogP contribution in [0.3, 0.4) is 0 Å². The minimum atomic E-state index is -2.12. The number of hydrogen-bond donors (Lipinski definition) is 1. The van der Waals surface area contributed by atoms with E-state index >= 15 is 0 Å². The van der Waals surface area contributed by atoms with Crippen molar-refractivity contribution in [2.75, 3.05) is 0 Å². The van der Waals surface area contributed by atoms with Crippen LogP contribution in [-0.4, -0.2) is 69.1 Å². The monoisotopic (exact) mass is 698 g/mol. The number of aliphatic hydroxyl groups is 1. The highest BCUT2D eigenvalue weighted by atomic mass is 28.4. The maximum Gasteiger partial charge on any atom is 0.338 e. The highest BCUT2D eigenvalue weighted by Crippen LogP contribution is 2.72. The first kappa shape index (κ1) is 36.5. The first-order valence-corrected chi connectivity index (χ1v) is 24.6. The Kier molecular flexibility index (Phi) is 9.00. The number of rotatable bonds is 9. The van der Waals surface area contributed by atoms with Crippen molar-refractivity contribution in [3.05, 3.63) is 47.0 Å². The van der Waals surface area contributed by atoms with Gasteiger partial charge in [-0.2, -0.15) is 0 Å². The summed E-state index contributed by atoms with van der Waals surface area (Å²) in [5.41, 5.74) is -0.674. The zero-order valence-corrected chi connectivity index (χ0v) is 33.7. The van der Waals surface area contributed by atoms with Crippen molar-refractivity contribution < 1.29 is 33.0 Å². The van der Waals surface area contributed by atoms with E-state index in [0.29, 0.717) is 17.9 Å². The molecule has 9 heteroatoms. The summed E-state index contributed by atoms with van der Waals surface area (Å²) in [4.78, 5) is 14.3. The molecule has 4 fully saturated rings. The minimum Gasteiger partial charge on any atom is -0.455 e. The fraction of sp³-hybridized carbons (Fsp3) is 0.769. The Morgan fingerprint density at radius 1 is 0.958 bits per heavy atom. The largest absolute Gasteiger partial charge is 0.455 e.